The summed E-state index contributed by atoms with van der Waals surface area (Å²) in [6.07, 6.45) is 1.70. The van der Waals surface area contributed by atoms with Crippen molar-refractivity contribution in [3.63, 3.8) is 0 Å². The van der Waals surface area contributed by atoms with E-state index in [0.29, 0.717) is 6.42 Å². The van der Waals surface area contributed by atoms with Gasteiger partial charge in [-0.25, -0.2) is 0 Å². The summed E-state index contributed by atoms with van der Waals surface area (Å²) in [7, 11) is 2.06. The molecule has 3 nitrogen and oxygen atoms in total. The van der Waals surface area contributed by atoms with E-state index in [2.05, 4.69) is 11.9 Å². The third-order valence-corrected chi connectivity index (χ3v) is 2.59. The van der Waals surface area contributed by atoms with Crippen molar-refractivity contribution in [1.29, 1.82) is 0 Å². The second kappa shape index (κ2) is 3.73. The Morgan fingerprint density at radius 3 is 2.33 bits per heavy atom. The molecule has 0 aromatic rings. The summed E-state index contributed by atoms with van der Waals surface area (Å²) in [5, 5.41) is 19.1. The summed E-state index contributed by atoms with van der Waals surface area (Å²) in [5.41, 5.74) is -0.610. The monoisotopic (exact) mass is 173 g/mol. The zero-order chi connectivity index (χ0) is 9.19. The molecule has 3 heteroatoms. The number of aliphatic hydroxyl groups excluding tert-OH is 1. The highest BCUT2D eigenvalue weighted by Crippen LogP contribution is 2.25. The molecule has 1 heterocycles. The number of rotatable bonds is 2. The molecule has 1 aliphatic rings. The van der Waals surface area contributed by atoms with Crippen LogP contribution < -0.4 is 0 Å². The molecule has 12 heavy (non-hydrogen) atoms. The van der Waals surface area contributed by atoms with Gasteiger partial charge < -0.3 is 15.1 Å². The van der Waals surface area contributed by atoms with E-state index in [1.807, 2.05) is 0 Å². The van der Waals surface area contributed by atoms with Crippen molar-refractivity contribution in [2.24, 2.45) is 0 Å². The average molecular weight is 173 g/mol. The zero-order valence-electron chi connectivity index (χ0n) is 7.95. The minimum absolute atomic E-state index is 0.390. The second-order valence-electron chi connectivity index (χ2n) is 4.08. The van der Waals surface area contributed by atoms with E-state index >= 15 is 0 Å². The summed E-state index contributed by atoms with van der Waals surface area (Å²) in [5.74, 6) is 0. The minimum Gasteiger partial charge on any atom is -0.393 e. The molecular weight excluding hydrogens is 154 g/mol. The topological polar surface area (TPSA) is 43.7 Å². The molecule has 0 aromatic heterocycles. The van der Waals surface area contributed by atoms with Crippen molar-refractivity contribution in [3.05, 3.63) is 0 Å². The van der Waals surface area contributed by atoms with Crippen LogP contribution in [0.2, 0.25) is 0 Å². The molecule has 1 aliphatic heterocycles. The van der Waals surface area contributed by atoms with Gasteiger partial charge in [0.2, 0.25) is 0 Å². The van der Waals surface area contributed by atoms with Crippen LogP contribution in [0.5, 0.6) is 0 Å². The maximum absolute atomic E-state index is 9.97. The standard InChI is InChI=1S/C9H19NO2/c1-8(11)7-9(12)3-5-10(2)6-4-9/h8,11-12H,3-7H2,1-2H3. The Labute approximate surface area is 74.0 Å². The predicted molar refractivity (Wildman–Crippen MR) is 48.0 cm³/mol. The Hall–Kier alpha value is -0.120. The Morgan fingerprint density at radius 1 is 1.42 bits per heavy atom. The van der Waals surface area contributed by atoms with Gasteiger partial charge in [0, 0.05) is 19.5 Å². The smallest absolute Gasteiger partial charge is 0.0696 e. The van der Waals surface area contributed by atoms with Gasteiger partial charge in [0.15, 0.2) is 0 Å². The molecule has 1 atom stereocenters. The second-order valence-corrected chi connectivity index (χ2v) is 4.08. The normalized spacial score (nSPS) is 27.0. The number of aliphatic hydroxyl groups is 2. The first kappa shape index (κ1) is 9.96. The molecule has 1 unspecified atom stereocenters. The summed E-state index contributed by atoms with van der Waals surface area (Å²) in [6.45, 7) is 3.60. The third-order valence-electron chi connectivity index (χ3n) is 2.59. The highest BCUT2D eigenvalue weighted by molar-refractivity contribution is 4.86. The molecule has 1 fully saturated rings. The highest BCUT2D eigenvalue weighted by Gasteiger charge is 2.31. The summed E-state index contributed by atoms with van der Waals surface area (Å²) in [6, 6.07) is 0. The van der Waals surface area contributed by atoms with Gasteiger partial charge in [0.05, 0.1) is 11.7 Å². The largest absolute Gasteiger partial charge is 0.393 e. The van der Waals surface area contributed by atoms with Crippen LogP contribution in [0.15, 0.2) is 0 Å². The molecule has 0 saturated carbocycles. The summed E-state index contributed by atoms with van der Waals surface area (Å²) >= 11 is 0. The Kier molecular flexibility index (Phi) is 3.09. The number of hydrogen-bond acceptors (Lipinski definition) is 3. The molecule has 1 saturated heterocycles. The SMILES string of the molecule is CC(O)CC1(O)CCN(C)CC1. The van der Waals surface area contributed by atoms with Crippen LogP contribution in [0.25, 0.3) is 0 Å². The summed E-state index contributed by atoms with van der Waals surface area (Å²) in [4.78, 5) is 2.20. The molecule has 0 amide bonds. The molecule has 0 bridgehead atoms. The number of likely N-dealkylation sites (tertiary alicyclic amines) is 1. The van der Waals surface area contributed by atoms with E-state index in [4.69, 9.17) is 5.11 Å². The first-order chi connectivity index (χ1) is 5.52. The fourth-order valence-corrected chi connectivity index (χ4v) is 1.79. The van der Waals surface area contributed by atoms with E-state index < -0.39 is 11.7 Å². The van der Waals surface area contributed by atoms with Gasteiger partial charge in [0.1, 0.15) is 0 Å². The highest BCUT2D eigenvalue weighted by atomic mass is 16.3. The lowest BCUT2D eigenvalue weighted by molar-refractivity contribution is -0.0474. The minimum atomic E-state index is -0.610. The number of nitrogens with zero attached hydrogens (tertiary/aromatic N) is 1. The third kappa shape index (κ3) is 2.73. The van der Waals surface area contributed by atoms with E-state index in [9.17, 15) is 5.11 Å². The Morgan fingerprint density at radius 2 is 1.92 bits per heavy atom. The van der Waals surface area contributed by atoms with Gasteiger partial charge in [-0.1, -0.05) is 0 Å². The van der Waals surface area contributed by atoms with E-state index in [1.54, 1.807) is 6.92 Å². The van der Waals surface area contributed by atoms with Crippen LogP contribution in [-0.2, 0) is 0 Å². The molecule has 0 spiro atoms. The molecule has 2 N–H and O–H groups in total. The molecular formula is C9H19NO2. The molecule has 0 radical (unpaired) electrons. The first-order valence-corrected chi connectivity index (χ1v) is 4.61. The molecule has 0 aliphatic carbocycles. The number of piperidine rings is 1. The van der Waals surface area contributed by atoms with Crippen molar-refractivity contribution in [2.45, 2.75) is 37.9 Å². The lowest BCUT2D eigenvalue weighted by Crippen LogP contribution is -2.44. The summed E-state index contributed by atoms with van der Waals surface area (Å²) < 4.78 is 0. The van der Waals surface area contributed by atoms with Crippen molar-refractivity contribution in [3.8, 4) is 0 Å². The maximum Gasteiger partial charge on any atom is 0.0696 e. The van der Waals surface area contributed by atoms with Gasteiger partial charge in [-0.2, -0.15) is 0 Å². The lowest BCUT2D eigenvalue weighted by Gasteiger charge is -2.37. The Balaban J connectivity index is 2.39. The van der Waals surface area contributed by atoms with Crippen LogP contribution in [0.1, 0.15) is 26.2 Å². The van der Waals surface area contributed by atoms with Crippen molar-refractivity contribution < 1.29 is 10.2 Å². The van der Waals surface area contributed by atoms with E-state index in [-0.39, 0.29) is 0 Å². The van der Waals surface area contributed by atoms with Crippen LogP contribution in [0.3, 0.4) is 0 Å². The predicted octanol–water partition coefficient (Wildman–Crippen LogP) is 0.214. The molecule has 1 rings (SSSR count). The molecule has 0 aromatic carbocycles. The first-order valence-electron chi connectivity index (χ1n) is 4.61. The van der Waals surface area contributed by atoms with Crippen molar-refractivity contribution in [2.75, 3.05) is 20.1 Å². The van der Waals surface area contributed by atoms with Crippen LogP contribution >= 0.6 is 0 Å². The quantitative estimate of drug-likeness (QED) is 0.627. The van der Waals surface area contributed by atoms with Crippen LogP contribution in [-0.4, -0.2) is 47.0 Å². The van der Waals surface area contributed by atoms with E-state index in [0.717, 1.165) is 25.9 Å². The number of hydrogen-bond donors (Lipinski definition) is 2. The van der Waals surface area contributed by atoms with Crippen molar-refractivity contribution >= 4 is 0 Å². The van der Waals surface area contributed by atoms with Crippen molar-refractivity contribution in [1.82, 2.24) is 4.90 Å². The van der Waals surface area contributed by atoms with E-state index in [1.165, 1.54) is 0 Å². The maximum atomic E-state index is 9.97. The fourth-order valence-electron chi connectivity index (χ4n) is 1.79. The van der Waals surface area contributed by atoms with Crippen LogP contribution in [0.4, 0.5) is 0 Å². The van der Waals surface area contributed by atoms with Crippen LogP contribution in [0, 0.1) is 0 Å². The molecule has 72 valence electrons. The Bertz CT molecular complexity index is 139. The van der Waals surface area contributed by atoms with Gasteiger partial charge in [-0.05, 0) is 26.8 Å². The van der Waals surface area contributed by atoms with Gasteiger partial charge in [0.25, 0.3) is 0 Å². The van der Waals surface area contributed by atoms with Gasteiger partial charge in [-0.15, -0.1) is 0 Å². The fraction of sp³-hybridized carbons (Fsp3) is 1.00. The lowest BCUT2D eigenvalue weighted by atomic mass is 9.86. The average Bonchev–Trinajstić information content (AvgIpc) is 1.94. The van der Waals surface area contributed by atoms with Gasteiger partial charge in [-0.3, -0.25) is 0 Å². The van der Waals surface area contributed by atoms with Gasteiger partial charge >= 0.3 is 0 Å². The zero-order valence-corrected chi connectivity index (χ0v) is 7.95.